The van der Waals surface area contributed by atoms with Crippen LogP contribution in [-0.4, -0.2) is 181 Å². The Labute approximate surface area is 296 Å². The molecule has 288 valence electrons. The monoisotopic (exact) mass is 717 g/mol. The van der Waals surface area contributed by atoms with Crippen molar-refractivity contribution in [2.45, 2.75) is 20.0 Å². The highest BCUT2D eigenvalue weighted by Crippen LogP contribution is 2.21. The molecule has 2 rings (SSSR count). The highest BCUT2D eigenvalue weighted by atomic mass is 16.6. The molecule has 1 heterocycles. The Kier molecular flexibility index (Phi) is 27.8. The second kappa shape index (κ2) is 31.6. The van der Waals surface area contributed by atoms with Gasteiger partial charge in [0.2, 0.25) is 0 Å². The van der Waals surface area contributed by atoms with E-state index < -0.39 is 0 Å². The summed E-state index contributed by atoms with van der Waals surface area (Å²) < 4.78 is 65.5. The number of hydrogen-bond donors (Lipinski definition) is 0. The second-order valence-electron chi connectivity index (χ2n) is 11.0. The van der Waals surface area contributed by atoms with Gasteiger partial charge in [0, 0.05) is 0 Å². The van der Waals surface area contributed by atoms with Crippen LogP contribution in [0.2, 0.25) is 0 Å². The molecule has 0 fully saturated rings. The molecule has 0 aromatic heterocycles. The van der Waals surface area contributed by atoms with E-state index in [1.165, 1.54) is 4.90 Å². The Morgan fingerprint density at radius 2 is 0.640 bits per heavy atom. The average Bonchev–Trinajstić information content (AvgIpc) is 3.36. The van der Waals surface area contributed by atoms with E-state index in [1.54, 1.807) is 24.3 Å². The van der Waals surface area contributed by atoms with Crippen LogP contribution in [0.1, 0.15) is 34.6 Å². The lowest BCUT2D eigenvalue weighted by atomic mass is 10.1. The summed E-state index contributed by atoms with van der Waals surface area (Å²) in [6.45, 7) is 15.3. The van der Waals surface area contributed by atoms with Crippen LogP contribution in [-0.2, 0) is 56.8 Å². The van der Waals surface area contributed by atoms with Gasteiger partial charge in [-0.25, -0.2) is 0 Å². The summed E-state index contributed by atoms with van der Waals surface area (Å²) in [6, 6.07) is 6.82. The molecule has 0 bridgehead atoms. The number of fused-ring (bicyclic) bond motifs is 1. The van der Waals surface area contributed by atoms with Gasteiger partial charge < -0.3 is 56.8 Å². The second-order valence-corrected chi connectivity index (χ2v) is 11.0. The molecule has 1 aromatic rings. The van der Waals surface area contributed by atoms with Crippen molar-refractivity contribution in [3.8, 4) is 0 Å². The van der Waals surface area contributed by atoms with Crippen LogP contribution in [0.5, 0.6) is 0 Å². The third kappa shape index (κ3) is 22.6. The molecule has 1 aromatic carbocycles. The van der Waals surface area contributed by atoms with Crippen LogP contribution in [0.4, 0.5) is 0 Å². The van der Waals surface area contributed by atoms with E-state index in [0.717, 1.165) is 0 Å². The predicted molar refractivity (Wildman–Crippen MR) is 182 cm³/mol. The van der Waals surface area contributed by atoms with Crippen LogP contribution in [0.25, 0.3) is 0 Å². The van der Waals surface area contributed by atoms with Crippen LogP contribution < -0.4 is 0 Å². The van der Waals surface area contributed by atoms with Gasteiger partial charge in [-0.05, 0) is 26.0 Å². The van der Waals surface area contributed by atoms with Crippen LogP contribution in [0, 0.1) is 0 Å². The molecule has 0 saturated carbocycles. The van der Waals surface area contributed by atoms with Crippen molar-refractivity contribution in [1.29, 1.82) is 0 Å². The van der Waals surface area contributed by atoms with Gasteiger partial charge >= 0.3 is 0 Å². The molecule has 1 aliphatic rings. The van der Waals surface area contributed by atoms with E-state index in [-0.39, 0.29) is 31.1 Å². The van der Waals surface area contributed by atoms with E-state index in [0.29, 0.717) is 156 Å². The van der Waals surface area contributed by atoms with Gasteiger partial charge in [0.05, 0.1) is 176 Å². The van der Waals surface area contributed by atoms with Crippen molar-refractivity contribution < 1.29 is 66.4 Å². The van der Waals surface area contributed by atoms with Gasteiger partial charge in [0.25, 0.3) is 11.8 Å². The molecule has 15 heteroatoms. The number of carbonyl (C=O) groups is 2. The number of hydrogen-bond acceptors (Lipinski definition) is 14. The van der Waals surface area contributed by atoms with Crippen LogP contribution in [0.3, 0.4) is 0 Å². The van der Waals surface area contributed by atoms with E-state index in [9.17, 15) is 9.59 Å². The molecule has 0 aliphatic carbocycles. The van der Waals surface area contributed by atoms with E-state index in [2.05, 4.69) is 0 Å². The Hall–Kier alpha value is -2.12. The van der Waals surface area contributed by atoms with Crippen LogP contribution >= 0.6 is 0 Å². The van der Waals surface area contributed by atoms with Gasteiger partial charge in [-0.15, -0.1) is 0 Å². The van der Waals surface area contributed by atoms with Crippen molar-refractivity contribution in [1.82, 2.24) is 4.90 Å². The summed E-state index contributed by atoms with van der Waals surface area (Å²) in [5.74, 6) is -0.556. The minimum atomic E-state index is -0.278. The van der Waals surface area contributed by atoms with Gasteiger partial charge in [0.15, 0.2) is 0 Å². The summed E-state index contributed by atoms with van der Waals surface area (Å²) in [6.07, 6.45) is 0.224. The summed E-state index contributed by atoms with van der Waals surface area (Å²) in [5, 5.41) is 0. The number of rotatable bonds is 37. The minimum absolute atomic E-state index is 0.214. The Morgan fingerprint density at radius 1 is 0.400 bits per heavy atom. The highest BCUT2D eigenvalue weighted by molar-refractivity contribution is 6.21. The zero-order valence-electron chi connectivity index (χ0n) is 30.0. The summed E-state index contributed by atoms with van der Waals surface area (Å²) in [4.78, 5) is 25.8. The molecule has 0 radical (unpaired) electrons. The Balaban J connectivity index is 1.16. The highest BCUT2D eigenvalue weighted by Gasteiger charge is 2.34. The third-order valence-corrected chi connectivity index (χ3v) is 6.74. The number of imide groups is 1. The first kappa shape index (κ1) is 44.0. The van der Waals surface area contributed by atoms with Gasteiger partial charge in [-0.3, -0.25) is 14.5 Å². The average molecular weight is 718 g/mol. The number of amides is 2. The van der Waals surface area contributed by atoms with E-state index >= 15 is 0 Å². The lowest BCUT2D eigenvalue weighted by Gasteiger charge is -2.13. The fourth-order valence-electron chi connectivity index (χ4n) is 4.24. The third-order valence-electron chi connectivity index (χ3n) is 6.74. The normalized spacial score (nSPS) is 12.9. The van der Waals surface area contributed by atoms with E-state index in [1.807, 2.05) is 13.8 Å². The molecular weight excluding hydrogens is 658 g/mol. The maximum absolute atomic E-state index is 12.3. The van der Waals surface area contributed by atoms with Gasteiger partial charge in [0.1, 0.15) is 0 Å². The molecule has 15 nitrogen and oxygen atoms in total. The summed E-state index contributed by atoms with van der Waals surface area (Å²) >= 11 is 0. The molecular formula is C35H59NO14. The van der Waals surface area contributed by atoms with Crippen molar-refractivity contribution in [3.05, 3.63) is 35.4 Å². The lowest BCUT2D eigenvalue weighted by Crippen LogP contribution is -2.33. The fraction of sp³-hybridized carbons (Fsp3) is 0.771. The molecule has 0 unspecified atom stereocenters. The summed E-state index contributed by atoms with van der Waals surface area (Å²) in [5.41, 5.74) is 0.883. The quantitative estimate of drug-likeness (QED) is 0.0729. The molecule has 0 N–H and O–H groups in total. The maximum Gasteiger partial charge on any atom is 0.261 e. The molecule has 0 saturated heterocycles. The molecule has 2 amide bonds. The smallest absolute Gasteiger partial charge is 0.261 e. The first-order valence-corrected chi connectivity index (χ1v) is 17.5. The predicted octanol–water partition coefficient (Wildman–Crippen LogP) is 1.89. The Morgan fingerprint density at radius 3 is 0.900 bits per heavy atom. The Bertz CT molecular complexity index is 934. The summed E-state index contributed by atoms with van der Waals surface area (Å²) in [7, 11) is 0. The molecule has 0 spiro atoms. The largest absolute Gasteiger partial charge is 0.377 e. The number of benzene rings is 1. The van der Waals surface area contributed by atoms with Gasteiger partial charge in [-0.2, -0.15) is 0 Å². The number of ether oxygens (including phenoxy) is 12. The van der Waals surface area contributed by atoms with Crippen molar-refractivity contribution in [2.75, 3.05) is 159 Å². The van der Waals surface area contributed by atoms with Crippen LogP contribution in [0.15, 0.2) is 24.3 Å². The SMILES string of the molecule is CC(C)OCCOCCOCCOCCOCCOCCOCCOCCOCCOCCOCCOCCN1C(=O)c2ccccc2C1=O. The minimum Gasteiger partial charge on any atom is -0.377 e. The topological polar surface area (TPSA) is 148 Å². The maximum atomic E-state index is 12.3. The van der Waals surface area contributed by atoms with Crippen molar-refractivity contribution in [2.24, 2.45) is 0 Å². The lowest BCUT2D eigenvalue weighted by molar-refractivity contribution is -0.0293. The zero-order chi connectivity index (χ0) is 35.7. The number of carbonyl (C=O) groups excluding carboxylic acids is 2. The zero-order valence-corrected chi connectivity index (χ0v) is 30.0. The van der Waals surface area contributed by atoms with Gasteiger partial charge in [-0.1, -0.05) is 12.1 Å². The first-order chi connectivity index (χ1) is 24.6. The molecule has 50 heavy (non-hydrogen) atoms. The first-order valence-electron chi connectivity index (χ1n) is 17.5. The number of nitrogens with zero attached hydrogens (tertiary/aromatic N) is 1. The van der Waals surface area contributed by atoms with E-state index in [4.69, 9.17) is 56.8 Å². The molecule has 1 aliphatic heterocycles. The standard InChI is InChI=1S/C35H59NO14/c1-31(2)50-30-29-49-28-27-48-26-25-47-24-23-46-22-21-45-20-19-44-18-17-43-16-15-42-14-13-41-12-11-40-10-9-39-8-7-36-34(37)32-5-3-4-6-33(32)35(36)38/h3-6,31H,7-30H2,1-2H3. The van der Waals surface area contributed by atoms with Crippen molar-refractivity contribution >= 4 is 11.8 Å². The fourth-order valence-corrected chi connectivity index (χ4v) is 4.24. The van der Waals surface area contributed by atoms with Crippen molar-refractivity contribution in [3.63, 3.8) is 0 Å². The molecule has 0 atom stereocenters.